The van der Waals surface area contributed by atoms with Crippen LogP contribution < -0.4 is 0 Å². The number of benzene rings is 2. The fraction of sp³-hybridized carbons (Fsp3) is 0.188. The van der Waals surface area contributed by atoms with Gasteiger partial charge in [0, 0.05) is 17.4 Å². The molecule has 1 unspecified atom stereocenters. The minimum atomic E-state index is -0.333. The summed E-state index contributed by atoms with van der Waals surface area (Å²) in [4.78, 5) is 11.3. The molecule has 0 fully saturated rings. The summed E-state index contributed by atoms with van der Waals surface area (Å²) < 4.78 is 0. The molecule has 0 saturated heterocycles. The summed E-state index contributed by atoms with van der Waals surface area (Å²) >= 11 is 11.5. The Hall–Kier alpha value is -1.31. The van der Waals surface area contributed by atoms with E-state index in [0.29, 0.717) is 5.02 Å². The summed E-state index contributed by atoms with van der Waals surface area (Å²) in [6.45, 7) is 2.04. The molecule has 3 heteroatoms. The van der Waals surface area contributed by atoms with Gasteiger partial charge in [0.05, 0.1) is 0 Å². The van der Waals surface area contributed by atoms with Gasteiger partial charge >= 0.3 is 0 Å². The van der Waals surface area contributed by atoms with Crippen molar-refractivity contribution in [3.05, 3.63) is 70.2 Å². The molecule has 0 spiro atoms. The fourth-order valence-corrected chi connectivity index (χ4v) is 2.36. The van der Waals surface area contributed by atoms with Gasteiger partial charge in [0.15, 0.2) is 0 Å². The zero-order valence-electron chi connectivity index (χ0n) is 10.6. The van der Waals surface area contributed by atoms with Gasteiger partial charge < -0.3 is 0 Å². The maximum absolute atomic E-state index is 11.3. The van der Waals surface area contributed by atoms with Crippen LogP contribution in [0.4, 0.5) is 0 Å². The van der Waals surface area contributed by atoms with E-state index in [1.54, 1.807) is 0 Å². The first-order valence-corrected chi connectivity index (χ1v) is 6.82. The number of carbonyl (C=O) groups is 1. The van der Waals surface area contributed by atoms with E-state index in [0.717, 1.165) is 11.1 Å². The van der Waals surface area contributed by atoms with Crippen LogP contribution >= 0.6 is 23.2 Å². The Balaban J connectivity index is 2.37. The Bertz CT molecular complexity index is 513. The van der Waals surface area contributed by atoms with E-state index >= 15 is 0 Å². The van der Waals surface area contributed by atoms with Crippen molar-refractivity contribution in [2.45, 2.75) is 19.3 Å². The fourth-order valence-electron chi connectivity index (χ4n) is 2.08. The highest BCUT2D eigenvalue weighted by Gasteiger charge is 2.17. The molecule has 0 aliphatic rings. The van der Waals surface area contributed by atoms with Gasteiger partial charge in [-0.05, 0) is 41.8 Å². The molecule has 2 rings (SSSR count). The average molecular weight is 293 g/mol. The third-order valence-electron chi connectivity index (χ3n) is 3.12. The maximum Gasteiger partial charge on any atom is 0.222 e. The van der Waals surface area contributed by atoms with Gasteiger partial charge in [-0.15, -0.1) is 0 Å². The van der Waals surface area contributed by atoms with Crippen molar-refractivity contribution in [2.75, 3.05) is 0 Å². The maximum atomic E-state index is 11.3. The molecule has 2 aromatic carbocycles. The first-order valence-electron chi connectivity index (χ1n) is 6.06. The topological polar surface area (TPSA) is 17.1 Å². The number of halogens is 2. The highest BCUT2D eigenvalue weighted by molar-refractivity contribution is 6.63. The number of rotatable bonds is 4. The van der Waals surface area contributed by atoms with Crippen LogP contribution in [0.25, 0.3) is 0 Å². The summed E-state index contributed by atoms with van der Waals surface area (Å²) in [6.07, 6.45) is 0.284. The molecule has 0 aliphatic heterocycles. The molecule has 0 saturated carbocycles. The molecular weight excluding hydrogens is 279 g/mol. The number of carbonyl (C=O) groups excluding carboxylic acids is 1. The lowest BCUT2D eigenvalue weighted by Gasteiger charge is -2.16. The predicted octanol–water partition coefficient (Wildman–Crippen LogP) is 4.94. The van der Waals surface area contributed by atoms with Crippen molar-refractivity contribution in [2.24, 2.45) is 0 Å². The lowest BCUT2D eigenvalue weighted by Crippen LogP contribution is -2.05. The van der Waals surface area contributed by atoms with Crippen LogP contribution in [-0.2, 0) is 4.79 Å². The monoisotopic (exact) mass is 292 g/mol. The zero-order chi connectivity index (χ0) is 13.8. The van der Waals surface area contributed by atoms with Gasteiger partial charge in [0.1, 0.15) is 0 Å². The number of aryl methyl sites for hydroxylation is 1. The molecule has 2 aromatic rings. The summed E-state index contributed by atoms with van der Waals surface area (Å²) in [5.41, 5.74) is 3.32. The summed E-state index contributed by atoms with van der Waals surface area (Å²) in [5, 5.41) is 0.351. The Morgan fingerprint density at radius 2 is 1.47 bits per heavy atom. The van der Waals surface area contributed by atoms with Crippen molar-refractivity contribution >= 4 is 28.4 Å². The molecule has 0 heterocycles. The highest BCUT2D eigenvalue weighted by Crippen LogP contribution is 2.29. The molecule has 0 N–H and O–H groups in total. The number of hydrogen-bond donors (Lipinski definition) is 0. The van der Waals surface area contributed by atoms with Crippen LogP contribution in [0.15, 0.2) is 48.5 Å². The second-order valence-corrected chi connectivity index (χ2v) is 5.43. The average Bonchev–Trinajstić information content (AvgIpc) is 2.38. The Morgan fingerprint density at radius 1 is 1.00 bits per heavy atom. The van der Waals surface area contributed by atoms with Crippen molar-refractivity contribution < 1.29 is 4.79 Å². The number of hydrogen-bond acceptors (Lipinski definition) is 1. The minimum absolute atomic E-state index is 0.0251. The molecular formula is C16H14Cl2O. The molecule has 1 atom stereocenters. The second-order valence-electron chi connectivity index (χ2n) is 4.57. The van der Waals surface area contributed by atoms with Crippen molar-refractivity contribution in [1.29, 1.82) is 0 Å². The van der Waals surface area contributed by atoms with Gasteiger partial charge in [-0.2, -0.15) is 0 Å². The zero-order valence-corrected chi connectivity index (χ0v) is 12.1. The smallest absolute Gasteiger partial charge is 0.222 e. The van der Waals surface area contributed by atoms with E-state index in [9.17, 15) is 4.79 Å². The van der Waals surface area contributed by atoms with Crippen LogP contribution in [0.1, 0.15) is 29.0 Å². The van der Waals surface area contributed by atoms with Gasteiger partial charge in [-0.25, -0.2) is 0 Å². The third kappa shape index (κ3) is 3.82. The van der Waals surface area contributed by atoms with Crippen LogP contribution in [0.2, 0.25) is 5.02 Å². The van der Waals surface area contributed by atoms with Gasteiger partial charge in [-0.1, -0.05) is 53.6 Å². The Labute approximate surface area is 123 Å². The summed E-state index contributed by atoms with van der Waals surface area (Å²) in [7, 11) is 0. The normalized spacial score (nSPS) is 12.2. The second kappa shape index (κ2) is 6.23. The summed E-state index contributed by atoms with van der Waals surface area (Å²) in [6, 6.07) is 15.7. The van der Waals surface area contributed by atoms with Gasteiger partial charge in [0.2, 0.25) is 5.24 Å². The van der Waals surface area contributed by atoms with E-state index in [2.05, 4.69) is 0 Å². The molecule has 0 aliphatic carbocycles. The molecule has 0 amide bonds. The molecule has 1 nitrogen and oxygen atoms in total. The predicted molar refractivity (Wildman–Crippen MR) is 80.0 cm³/mol. The van der Waals surface area contributed by atoms with Crippen molar-refractivity contribution in [3.8, 4) is 0 Å². The molecule has 98 valence electrons. The molecule has 0 bridgehead atoms. The van der Waals surface area contributed by atoms with Gasteiger partial charge in [-0.3, -0.25) is 4.79 Å². The van der Waals surface area contributed by atoms with Crippen LogP contribution in [-0.4, -0.2) is 5.24 Å². The van der Waals surface area contributed by atoms with Crippen LogP contribution in [0.3, 0.4) is 0 Å². The minimum Gasteiger partial charge on any atom is -0.281 e. The van der Waals surface area contributed by atoms with E-state index in [-0.39, 0.29) is 17.6 Å². The third-order valence-corrected chi connectivity index (χ3v) is 3.52. The Morgan fingerprint density at radius 3 is 1.95 bits per heavy atom. The standard InChI is InChI=1S/C16H14Cl2O/c1-11-2-4-12(5-3-11)15(10-16(18)19)13-6-8-14(17)9-7-13/h2-9,15H,10H2,1H3. The Kier molecular flexibility index (Phi) is 4.62. The summed E-state index contributed by atoms with van der Waals surface area (Å²) in [5.74, 6) is -0.0251. The van der Waals surface area contributed by atoms with Crippen molar-refractivity contribution in [3.63, 3.8) is 0 Å². The quantitative estimate of drug-likeness (QED) is 0.730. The largest absolute Gasteiger partial charge is 0.281 e. The van der Waals surface area contributed by atoms with E-state index in [4.69, 9.17) is 23.2 Å². The lowest BCUT2D eigenvalue weighted by molar-refractivity contribution is -0.111. The molecule has 0 radical (unpaired) electrons. The lowest BCUT2D eigenvalue weighted by atomic mass is 9.88. The first-order chi connectivity index (χ1) is 9.06. The van der Waals surface area contributed by atoms with E-state index in [1.807, 2.05) is 55.5 Å². The first kappa shape index (κ1) is 14.1. The molecule has 0 aromatic heterocycles. The van der Waals surface area contributed by atoms with Crippen LogP contribution in [0.5, 0.6) is 0 Å². The van der Waals surface area contributed by atoms with Gasteiger partial charge in [0.25, 0.3) is 0 Å². The van der Waals surface area contributed by atoms with Crippen LogP contribution in [0, 0.1) is 6.92 Å². The highest BCUT2D eigenvalue weighted by atomic mass is 35.5. The van der Waals surface area contributed by atoms with Crippen molar-refractivity contribution in [1.82, 2.24) is 0 Å². The molecule has 19 heavy (non-hydrogen) atoms. The SMILES string of the molecule is Cc1ccc(C(CC(=O)Cl)c2ccc(Cl)cc2)cc1. The van der Waals surface area contributed by atoms with E-state index < -0.39 is 0 Å². The van der Waals surface area contributed by atoms with E-state index in [1.165, 1.54) is 5.56 Å².